The number of nitrogens with one attached hydrogen (secondary N) is 6. The maximum absolute atomic E-state index is 10.2. The molecule has 2 aliphatic rings. The molecule has 0 aromatic carbocycles. The van der Waals surface area contributed by atoms with E-state index < -0.39 is 17.1 Å². The molecule has 12 heteroatoms. The average Bonchev–Trinajstić information content (AvgIpc) is 2.50. The lowest BCUT2D eigenvalue weighted by Crippen LogP contribution is -2.47. The summed E-state index contributed by atoms with van der Waals surface area (Å²) >= 11 is 6.06. The maximum Gasteiger partial charge on any atom is 0.330 e. The summed E-state index contributed by atoms with van der Waals surface area (Å²) in [6, 6.07) is 0. The van der Waals surface area contributed by atoms with Crippen molar-refractivity contribution >= 4 is 35.3 Å². The Morgan fingerprint density at radius 3 is 1.05 bits per heavy atom. The summed E-state index contributed by atoms with van der Waals surface area (Å²) in [5.41, 5.74) is -2.41. The maximum atomic E-state index is 10.2. The Labute approximate surface area is 133 Å². The molecule has 1 aromatic heterocycles. The molecule has 1 aromatic rings. The van der Waals surface area contributed by atoms with E-state index in [4.69, 9.17) is 0 Å². The van der Waals surface area contributed by atoms with Crippen LogP contribution in [-0.4, -0.2) is 50.2 Å². The Balaban J connectivity index is 0.000000163. The van der Waals surface area contributed by atoms with Gasteiger partial charge in [-0.3, -0.25) is 30.9 Å². The molecule has 0 radical (unpaired) electrons. The first-order valence-electron chi connectivity index (χ1n) is 5.97. The molecule has 0 spiro atoms. The number of aromatic nitrogens is 3. The molecule has 2 aliphatic heterocycles. The van der Waals surface area contributed by atoms with Crippen LogP contribution in [-0.2, 0) is 0 Å². The third kappa shape index (κ3) is 10.7. The minimum atomic E-state index is -0.802. The number of hydrogen-bond donors (Lipinski definition) is 6. The van der Waals surface area contributed by atoms with Gasteiger partial charge in [0.05, 0.1) is 0 Å². The molecule has 6 N–H and O–H groups in total. The lowest BCUT2D eigenvalue weighted by atomic mass is 10.8. The molecule has 120 valence electrons. The van der Waals surface area contributed by atoms with E-state index >= 15 is 0 Å². The molecule has 0 saturated carbocycles. The quantitative estimate of drug-likeness (QED) is 0.328. The minimum Gasteiger partial charge on any atom is -0.292 e. The molecule has 9 nitrogen and oxygen atoms in total. The number of H-pyrrole nitrogens is 3. The smallest absolute Gasteiger partial charge is 0.292 e. The second kappa shape index (κ2) is 11.9. The molecule has 0 unspecified atom stereocenters. The normalized spacial score (nSPS) is 17.7. The number of thioether (sulfide) groups is 3. The van der Waals surface area contributed by atoms with Gasteiger partial charge in [0.1, 0.15) is 0 Å². The van der Waals surface area contributed by atoms with Gasteiger partial charge in [-0.2, -0.15) is 0 Å². The highest BCUT2D eigenvalue weighted by atomic mass is 32.3. The van der Waals surface area contributed by atoms with Crippen molar-refractivity contribution in [1.82, 2.24) is 30.9 Å². The summed E-state index contributed by atoms with van der Waals surface area (Å²) in [6.45, 7) is 2.81. The summed E-state index contributed by atoms with van der Waals surface area (Å²) in [5.74, 6) is 0. The van der Waals surface area contributed by atoms with Crippen LogP contribution in [0.5, 0.6) is 0 Å². The van der Waals surface area contributed by atoms with E-state index in [1.54, 1.807) is 15.0 Å². The molecule has 0 bridgehead atoms. The summed E-state index contributed by atoms with van der Waals surface area (Å²) in [7, 11) is 0. The highest BCUT2D eigenvalue weighted by Crippen LogP contribution is 2.27. The van der Waals surface area contributed by atoms with Crippen LogP contribution in [0.25, 0.3) is 0 Å². The lowest BCUT2D eigenvalue weighted by Gasteiger charge is -2.13. The first kappa shape index (κ1) is 18.4. The SMILES string of the molecule is C1NCNCN1.C1SCSCS1.O=c1[nH]c(=O)[nH]c(=O)[nH]1. The number of aromatic amines is 3. The van der Waals surface area contributed by atoms with E-state index in [0.29, 0.717) is 0 Å². The molecule has 0 amide bonds. The standard InChI is InChI=1S/C3H3N3O3.C3H9N3.C3H6S3/c7-1-4-2(8)6-3(9)5-1;2*1-4-2-6-3-5-1/h(H3,4,5,6,7,8,9);4-6H,1-3H2;1-3H2. The summed E-state index contributed by atoms with van der Waals surface area (Å²) < 4.78 is 0. The van der Waals surface area contributed by atoms with Crippen molar-refractivity contribution in [3.05, 3.63) is 31.5 Å². The summed E-state index contributed by atoms with van der Waals surface area (Å²) in [5, 5.41) is 13.1. The van der Waals surface area contributed by atoms with Gasteiger partial charge in [-0.15, -0.1) is 35.3 Å². The fourth-order valence-electron chi connectivity index (χ4n) is 1.13. The Morgan fingerprint density at radius 2 is 0.857 bits per heavy atom. The van der Waals surface area contributed by atoms with Crippen molar-refractivity contribution in [3.63, 3.8) is 0 Å². The topological polar surface area (TPSA) is 135 Å². The van der Waals surface area contributed by atoms with Crippen LogP contribution in [0.2, 0.25) is 0 Å². The zero-order valence-corrected chi connectivity index (χ0v) is 13.6. The van der Waals surface area contributed by atoms with Crippen LogP contribution in [0.4, 0.5) is 0 Å². The predicted octanol–water partition coefficient (Wildman–Crippen LogP) is -1.54. The van der Waals surface area contributed by atoms with Crippen LogP contribution in [0, 0.1) is 0 Å². The molecule has 2 fully saturated rings. The number of hydrogen-bond acceptors (Lipinski definition) is 9. The Hall–Kier alpha value is -0.660. The van der Waals surface area contributed by atoms with Crippen LogP contribution in [0.1, 0.15) is 0 Å². The van der Waals surface area contributed by atoms with Gasteiger partial charge in [-0.25, -0.2) is 14.4 Å². The van der Waals surface area contributed by atoms with Crippen molar-refractivity contribution in [1.29, 1.82) is 0 Å². The van der Waals surface area contributed by atoms with Crippen molar-refractivity contribution in [2.75, 3.05) is 35.3 Å². The molecule has 3 heterocycles. The van der Waals surface area contributed by atoms with Gasteiger partial charge in [0.2, 0.25) is 0 Å². The zero-order chi connectivity index (χ0) is 15.3. The predicted molar refractivity (Wildman–Crippen MR) is 89.7 cm³/mol. The highest BCUT2D eigenvalue weighted by molar-refractivity contribution is 8.31. The average molecular weight is 354 g/mol. The monoisotopic (exact) mass is 354 g/mol. The number of rotatable bonds is 0. The zero-order valence-electron chi connectivity index (χ0n) is 11.2. The molecular weight excluding hydrogens is 336 g/mol. The largest absolute Gasteiger partial charge is 0.330 e. The minimum absolute atomic E-state index is 0.802. The summed E-state index contributed by atoms with van der Waals surface area (Å²) in [4.78, 5) is 35.9. The Morgan fingerprint density at radius 1 is 0.571 bits per heavy atom. The molecule has 21 heavy (non-hydrogen) atoms. The fourth-order valence-corrected chi connectivity index (χ4v) is 5.20. The summed E-state index contributed by atoms with van der Waals surface area (Å²) in [6.07, 6.45) is 0. The fraction of sp³-hybridized carbons (Fsp3) is 0.667. The second-order valence-corrected chi connectivity index (χ2v) is 7.66. The van der Waals surface area contributed by atoms with Gasteiger partial charge in [-0.1, -0.05) is 0 Å². The van der Waals surface area contributed by atoms with E-state index in [2.05, 4.69) is 16.0 Å². The third-order valence-electron chi connectivity index (χ3n) is 1.93. The van der Waals surface area contributed by atoms with E-state index in [9.17, 15) is 14.4 Å². The highest BCUT2D eigenvalue weighted by Gasteiger charge is 1.96. The van der Waals surface area contributed by atoms with Crippen LogP contribution < -0.4 is 33.0 Å². The first-order valence-corrected chi connectivity index (χ1v) is 9.43. The first-order chi connectivity index (χ1) is 10.2. The van der Waals surface area contributed by atoms with Gasteiger partial charge >= 0.3 is 17.1 Å². The van der Waals surface area contributed by atoms with Crippen molar-refractivity contribution in [2.24, 2.45) is 0 Å². The third-order valence-corrected chi connectivity index (χ3v) is 5.93. The Kier molecular flexibility index (Phi) is 10.5. The van der Waals surface area contributed by atoms with Crippen molar-refractivity contribution in [2.45, 2.75) is 0 Å². The molecule has 0 atom stereocenters. The second-order valence-electron chi connectivity index (χ2n) is 3.61. The van der Waals surface area contributed by atoms with E-state index in [0.717, 1.165) is 20.0 Å². The van der Waals surface area contributed by atoms with Crippen molar-refractivity contribution in [3.8, 4) is 0 Å². The van der Waals surface area contributed by atoms with Gasteiger partial charge in [0, 0.05) is 35.3 Å². The van der Waals surface area contributed by atoms with Crippen LogP contribution in [0.15, 0.2) is 14.4 Å². The molecular formula is C9H18N6O3S3. The lowest BCUT2D eigenvalue weighted by molar-refractivity contribution is 0.443. The van der Waals surface area contributed by atoms with E-state index in [1.807, 2.05) is 35.3 Å². The molecule has 0 aliphatic carbocycles. The molecule has 2 saturated heterocycles. The van der Waals surface area contributed by atoms with Gasteiger partial charge in [-0.05, 0) is 0 Å². The van der Waals surface area contributed by atoms with Crippen LogP contribution >= 0.6 is 35.3 Å². The van der Waals surface area contributed by atoms with Gasteiger partial charge in [0.25, 0.3) is 0 Å². The van der Waals surface area contributed by atoms with Gasteiger partial charge in [0.15, 0.2) is 0 Å². The molecule has 3 rings (SSSR count). The van der Waals surface area contributed by atoms with Crippen LogP contribution in [0.3, 0.4) is 0 Å². The Bertz CT molecular complexity index is 423. The van der Waals surface area contributed by atoms with E-state index in [-0.39, 0.29) is 0 Å². The van der Waals surface area contributed by atoms with Crippen molar-refractivity contribution < 1.29 is 0 Å². The van der Waals surface area contributed by atoms with Gasteiger partial charge < -0.3 is 0 Å². The van der Waals surface area contributed by atoms with E-state index in [1.165, 1.54) is 15.3 Å².